The van der Waals surface area contributed by atoms with E-state index in [1.165, 1.54) is 7.11 Å². The fraction of sp³-hybridized carbons (Fsp3) is 0.529. The molecule has 0 bridgehead atoms. The first-order chi connectivity index (χ1) is 10.2. The van der Waals surface area contributed by atoms with Gasteiger partial charge in [-0.3, -0.25) is 10.1 Å². The lowest BCUT2D eigenvalue weighted by atomic mass is 10.1. The molecule has 0 saturated heterocycles. The van der Waals surface area contributed by atoms with Crippen LogP contribution in [0.5, 0.6) is 5.75 Å². The first-order valence-corrected chi connectivity index (χ1v) is 7.43. The average Bonchev–Trinajstić information content (AvgIpc) is 2.38. The van der Waals surface area contributed by atoms with Crippen LogP contribution in [0.1, 0.15) is 46.1 Å². The van der Waals surface area contributed by atoms with Crippen LogP contribution in [0.3, 0.4) is 0 Å². The molecule has 0 aliphatic carbocycles. The van der Waals surface area contributed by atoms with Crippen LogP contribution < -0.4 is 10.1 Å². The second-order valence-electron chi connectivity index (χ2n) is 6.13. The van der Waals surface area contributed by atoms with Crippen molar-refractivity contribution in [3.8, 4) is 5.75 Å². The molecular weight excluding hydrogens is 282 g/mol. The van der Waals surface area contributed by atoms with Gasteiger partial charge in [-0.05, 0) is 44.9 Å². The molecule has 5 heteroatoms. The summed E-state index contributed by atoms with van der Waals surface area (Å²) in [7, 11) is 1.52. The van der Waals surface area contributed by atoms with Crippen molar-refractivity contribution in [2.24, 2.45) is 0 Å². The van der Waals surface area contributed by atoms with Gasteiger partial charge in [-0.1, -0.05) is 13.0 Å². The third kappa shape index (κ3) is 6.16. The molecule has 5 nitrogen and oxygen atoms in total. The summed E-state index contributed by atoms with van der Waals surface area (Å²) in [6.07, 6.45) is 1.24. The van der Waals surface area contributed by atoms with Gasteiger partial charge in [0.15, 0.2) is 0 Å². The maximum Gasteiger partial charge on any atom is 0.412 e. The van der Waals surface area contributed by atoms with Crippen LogP contribution in [0.2, 0.25) is 0 Å². The number of benzene rings is 1. The van der Waals surface area contributed by atoms with Crippen LogP contribution in [0.15, 0.2) is 18.2 Å². The van der Waals surface area contributed by atoms with E-state index in [2.05, 4.69) is 5.32 Å². The first kappa shape index (κ1) is 18.0. The van der Waals surface area contributed by atoms with E-state index >= 15 is 0 Å². The summed E-state index contributed by atoms with van der Waals surface area (Å²) in [5, 5.41) is 2.65. The second kappa shape index (κ2) is 7.82. The topological polar surface area (TPSA) is 64.6 Å². The number of hydrogen-bond donors (Lipinski definition) is 1. The zero-order valence-corrected chi connectivity index (χ0v) is 14.0. The van der Waals surface area contributed by atoms with Gasteiger partial charge >= 0.3 is 6.09 Å². The summed E-state index contributed by atoms with van der Waals surface area (Å²) in [4.78, 5) is 23.5. The van der Waals surface area contributed by atoms with Gasteiger partial charge < -0.3 is 9.47 Å². The number of ether oxygens (including phenoxy) is 2. The Morgan fingerprint density at radius 2 is 1.91 bits per heavy atom. The van der Waals surface area contributed by atoms with Crippen LogP contribution in [-0.4, -0.2) is 24.6 Å². The molecule has 22 heavy (non-hydrogen) atoms. The van der Waals surface area contributed by atoms with Gasteiger partial charge in [0.2, 0.25) is 0 Å². The molecule has 0 atom stereocenters. The second-order valence-corrected chi connectivity index (χ2v) is 6.13. The van der Waals surface area contributed by atoms with E-state index in [9.17, 15) is 9.59 Å². The Hall–Kier alpha value is -2.04. The predicted molar refractivity (Wildman–Crippen MR) is 86.5 cm³/mol. The Morgan fingerprint density at radius 1 is 1.23 bits per heavy atom. The summed E-state index contributed by atoms with van der Waals surface area (Å²) in [6, 6.07) is 5.29. The number of ketones is 1. The third-order valence-electron chi connectivity index (χ3n) is 2.83. The summed E-state index contributed by atoms with van der Waals surface area (Å²) in [5.74, 6) is 0.699. The van der Waals surface area contributed by atoms with E-state index < -0.39 is 11.7 Å². The van der Waals surface area contributed by atoms with Crippen molar-refractivity contribution in [1.29, 1.82) is 0 Å². The van der Waals surface area contributed by atoms with Crippen molar-refractivity contribution in [3.63, 3.8) is 0 Å². The molecule has 0 aliphatic rings. The quantitative estimate of drug-likeness (QED) is 0.864. The Bertz CT molecular complexity index is 532. The SMILES string of the molecule is CCCC(=O)Cc1ccc(NC(=O)OC(C)(C)C)c(OC)c1. The number of rotatable bonds is 6. The lowest BCUT2D eigenvalue weighted by Crippen LogP contribution is -2.27. The van der Waals surface area contributed by atoms with Crippen LogP contribution in [0, 0.1) is 0 Å². The minimum absolute atomic E-state index is 0.192. The van der Waals surface area contributed by atoms with Crippen molar-refractivity contribution < 1.29 is 19.1 Å². The Labute approximate surface area is 132 Å². The molecule has 1 amide bonds. The number of Topliss-reactive ketones (excluding diaryl/α,β-unsaturated/α-hetero) is 1. The summed E-state index contributed by atoms with van der Waals surface area (Å²) < 4.78 is 10.5. The molecule has 0 radical (unpaired) electrons. The fourth-order valence-corrected chi connectivity index (χ4v) is 1.96. The molecule has 0 heterocycles. The van der Waals surface area contributed by atoms with Crippen LogP contribution in [-0.2, 0) is 16.0 Å². The van der Waals surface area contributed by atoms with E-state index in [0.29, 0.717) is 24.3 Å². The zero-order chi connectivity index (χ0) is 16.8. The molecule has 1 rings (SSSR count). The highest BCUT2D eigenvalue weighted by atomic mass is 16.6. The normalized spacial score (nSPS) is 11.0. The Kier molecular flexibility index (Phi) is 6.40. The monoisotopic (exact) mass is 307 g/mol. The predicted octanol–water partition coefficient (Wildman–Crippen LogP) is 3.95. The van der Waals surface area contributed by atoms with Crippen molar-refractivity contribution in [2.75, 3.05) is 12.4 Å². The van der Waals surface area contributed by atoms with Gasteiger partial charge in [-0.2, -0.15) is 0 Å². The molecule has 1 N–H and O–H groups in total. The van der Waals surface area contributed by atoms with Crippen LogP contribution in [0.4, 0.5) is 10.5 Å². The van der Waals surface area contributed by atoms with E-state index in [4.69, 9.17) is 9.47 Å². The molecule has 1 aromatic rings. The molecule has 0 saturated carbocycles. The minimum atomic E-state index is -0.566. The van der Waals surface area contributed by atoms with Crippen molar-refractivity contribution in [2.45, 2.75) is 52.6 Å². The lowest BCUT2D eigenvalue weighted by Gasteiger charge is -2.20. The summed E-state index contributed by atoms with van der Waals surface area (Å²) >= 11 is 0. The van der Waals surface area contributed by atoms with E-state index in [1.54, 1.807) is 32.9 Å². The zero-order valence-electron chi connectivity index (χ0n) is 14.0. The number of carbonyl (C=O) groups is 2. The summed E-state index contributed by atoms with van der Waals surface area (Å²) in [5.41, 5.74) is 0.817. The average molecular weight is 307 g/mol. The van der Waals surface area contributed by atoms with Gasteiger partial charge in [0.25, 0.3) is 0 Å². The number of amides is 1. The van der Waals surface area contributed by atoms with E-state index in [-0.39, 0.29) is 5.78 Å². The minimum Gasteiger partial charge on any atom is -0.495 e. The largest absolute Gasteiger partial charge is 0.495 e. The molecular formula is C17H25NO4. The van der Waals surface area contributed by atoms with Crippen LogP contribution >= 0.6 is 0 Å². The standard InChI is InChI=1S/C17H25NO4/c1-6-7-13(19)10-12-8-9-14(15(11-12)21-5)18-16(20)22-17(2,3)4/h8-9,11H,6-7,10H2,1-5H3,(H,18,20). The molecule has 0 aliphatic heterocycles. The molecule has 0 spiro atoms. The maximum absolute atomic E-state index is 11.8. The Balaban J connectivity index is 2.81. The van der Waals surface area contributed by atoms with Gasteiger partial charge in [-0.25, -0.2) is 4.79 Å². The smallest absolute Gasteiger partial charge is 0.412 e. The van der Waals surface area contributed by atoms with Gasteiger partial charge in [-0.15, -0.1) is 0 Å². The molecule has 1 aromatic carbocycles. The molecule has 0 unspecified atom stereocenters. The number of anilines is 1. The molecule has 0 aromatic heterocycles. The number of hydrogen-bond acceptors (Lipinski definition) is 4. The lowest BCUT2D eigenvalue weighted by molar-refractivity contribution is -0.118. The van der Waals surface area contributed by atoms with Gasteiger partial charge in [0.05, 0.1) is 12.8 Å². The molecule has 0 fully saturated rings. The first-order valence-electron chi connectivity index (χ1n) is 7.43. The highest BCUT2D eigenvalue weighted by molar-refractivity contribution is 5.87. The molecule has 122 valence electrons. The van der Waals surface area contributed by atoms with E-state index in [0.717, 1.165) is 12.0 Å². The van der Waals surface area contributed by atoms with Gasteiger partial charge in [0.1, 0.15) is 17.1 Å². The Morgan fingerprint density at radius 3 is 2.45 bits per heavy atom. The number of methoxy groups -OCH3 is 1. The third-order valence-corrected chi connectivity index (χ3v) is 2.83. The van der Waals surface area contributed by atoms with E-state index in [1.807, 2.05) is 13.0 Å². The maximum atomic E-state index is 11.8. The van der Waals surface area contributed by atoms with Crippen molar-refractivity contribution >= 4 is 17.6 Å². The number of nitrogens with one attached hydrogen (secondary N) is 1. The van der Waals surface area contributed by atoms with Crippen molar-refractivity contribution in [3.05, 3.63) is 23.8 Å². The van der Waals surface area contributed by atoms with Crippen molar-refractivity contribution in [1.82, 2.24) is 0 Å². The van der Waals surface area contributed by atoms with Crippen LogP contribution in [0.25, 0.3) is 0 Å². The highest BCUT2D eigenvalue weighted by Crippen LogP contribution is 2.26. The fourth-order valence-electron chi connectivity index (χ4n) is 1.96. The number of carbonyl (C=O) groups excluding carboxylic acids is 2. The summed E-state index contributed by atoms with van der Waals surface area (Å²) in [6.45, 7) is 7.37. The highest BCUT2D eigenvalue weighted by Gasteiger charge is 2.17. The van der Waals surface area contributed by atoms with Gasteiger partial charge in [0, 0.05) is 12.8 Å².